The van der Waals surface area contributed by atoms with E-state index in [1.807, 2.05) is 0 Å². The summed E-state index contributed by atoms with van der Waals surface area (Å²) in [5.41, 5.74) is 0.601. The summed E-state index contributed by atoms with van der Waals surface area (Å²) in [5, 5.41) is 1.06. The molecule has 0 bridgehead atoms. The highest BCUT2D eigenvalue weighted by atomic mass is 35.5. The van der Waals surface area contributed by atoms with Crippen molar-refractivity contribution in [1.29, 1.82) is 0 Å². The van der Waals surface area contributed by atoms with Crippen LogP contribution in [0.25, 0.3) is 0 Å². The van der Waals surface area contributed by atoms with Crippen LogP contribution in [0.5, 0.6) is 0 Å². The lowest BCUT2D eigenvalue weighted by molar-refractivity contribution is -0.123. The Morgan fingerprint density at radius 2 is 1.78 bits per heavy atom. The van der Waals surface area contributed by atoms with Gasteiger partial charge in [0.25, 0.3) is 15.9 Å². The molecule has 5 nitrogen and oxygen atoms in total. The summed E-state index contributed by atoms with van der Waals surface area (Å²) in [4.78, 5) is 11.5. The van der Waals surface area contributed by atoms with Gasteiger partial charge in [0, 0.05) is 5.69 Å². The maximum absolute atomic E-state index is 12.6. The number of hydrogen-bond donors (Lipinski definition) is 2. The zero-order valence-corrected chi connectivity index (χ0v) is 16.0. The zero-order valence-electron chi connectivity index (χ0n) is 13.7. The minimum Gasteiger partial charge on any atom is -0.343 e. The summed E-state index contributed by atoms with van der Waals surface area (Å²) >= 11 is 11.8. The van der Waals surface area contributed by atoms with Gasteiger partial charge in [-0.3, -0.25) is 9.52 Å². The Labute approximate surface area is 163 Å². The molecule has 0 saturated heterocycles. The van der Waals surface area contributed by atoms with E-state index in [1.54, 1.807) is 30.4 Å². The van der Waals surface area contributed by atoms with E-state index in [0.717, 1.165) is 17.7 Å². The van der Waals surface area contributed by atoms with Gasteiger partial charge in [-0.15, -0.1) is 0 Å². The van der Waals surface area contributed by atoms with Crippen LogP contribution < -0.4 is 10.0 Å². The van der Waals surface area contributed by atoms with Gasteiger partial charge in [-0.05, 0) is 36.8 Å². The van der Waals surface area contributed by atoms with Crippen molar-refractivity contribution in [3.8, 4) is 0 Å². The molecule has 0 aliphatic carbocycles. The van der Waals surface area contributed by atoms with Gasteiger partial charge in [-0.1, -0.05) is 35.3 Å². The molecule has 2 N–H and O–H groups in total. The highest BCUT2D eigenvalue weighted by Crippen LogP contribution is 2.30. The van der Waals surface area contributed by atoms with Crippen molar-refractivity contribution in [3.63, 3.8) is 0 Å². The van der Waals surface area contributed by atoms with E-state index in [0.29, 0.717) is 0 Å². The van der Waals surface area contributed by atoms with Crippen LogP contribution in [0.3, 0.4) is 0 Å². The van der Waals surface area contributed by atoms with Crippen molar-refractivity contribution in [2.75, 3.05) is 11.3 Å². The summed E-state index contributed by atoms with van der Waals surface area (Å²) in [7, 11) is -4.22. The second-order valence-corrected chi connectivity index (χ2v) is 8.00. The molecule has 11 heteroatoms. The van der Waals surface area contributed by atoms with Crippen molar-refractivity contribution in [2.45, 2.75) is 18.0 Å². The third-order valence-corrected chi connectivity index (χ3v) is 5.43. The Hall–Kier alpha value is -1.97. The van der Waals surface area contributed by atoms with E-state index in [9.17, 15) is 26.4 Å². The number of carbonyl (C=O) groups is 1. The Bertz CT molecular complexity index is 979. The van der Waals surface area contributed by atoms with E-state index in [2.05, 4.69) is 4.72 Å². The van der Waals surface area contributed by atoms with Gasteiger partial charge in [-0.25, -0.2) is 8.42 Å². The molecule has 2 rings (SSSR count). The van der Waals surface area contributed by atoms with Crippen LogP contribution in [0.2, 0.25) is 10.0 Å². The lowest BCUT2D eigenvalue weighted by Gasteiger charge is -2.13. The number of amides is 1. The summed E-state index contributed by atoms with van der Waals surface area (Å²) in [6, 6.07) is 8.28. The average Bonchev–Trinajstić information content (AvgIpc) is 2.51. The van der Waals surface area contributed by atoms with Crippen molar-refractivity contribution < 1.29 is 26.4 Å². The second kappa shape index (κ2) is 7.95. The first kappa shape index (κ1) is 21.3. The molecule has 1 amide bonds. The van der Waals surface area contributed by atoms with Crippen molar-refractivity contribution in [1.82, 2.24) is 5.32 Å². The minimum atomic E-state index is -4.63. The predicted molar refractivity (Wildman–Crippen MR) is 96.8 cm³/mol. The first-order valence-corrected chi connectivity index (χ1v) is 9.56. The standard InChI is InChI=1S/C16H13Cl2F3N2O3S/c1-9-3-2-4-10(5-9)23-27(25,26)14-6-11(12(17)7-13(14)18)15(24)22-8-16(19,20)21/h2-7,23H,8H2,1H3,(H,22,24). The first-order valence-electron chi connectivity index (χ1n) is 7.32. The predicted octanol–water partition coefficient (Wildman–Crippen LogP) is 4.39. The third-order valence-electron chi connectivity index (χ3n) is 3.28. The molecule has 146 valence electrons. The molecule has 27 heavy (non-hydrogen) atoms. The zero-order chi connectivity index (χ0) is 20.4. The van der Waals surface area contributed by atoms with E-state index in [4.69, 9.17) is 23.2 Å². The van der Waals surface area contributed by atoms with Crippen LogP contribution in [0, 0.1) is 6.92 Å². The number of benzene rings is 2. The monoisotopic (exact) mass is 440 g/mol. The van der Waals surface area contributed by atoms with Gasteiger partial charge in [0.05, 0.1) is 15.6 Å². The minimum absolute atomic E-state index is 0.254. The van der Waals surface area contributed by atoms with Crippen molar-refractivity contribution >= 4 is 44.8 Å². The van der Waals surface area contributed by atoms with Crippen LogP contribution in [-0.4, -0.2) is 27.0 Å². The number of hydrogen-bond acceptors (Lipinski definition) is 3. The quantitative estimate of drug-likeness (QED) is 0.723. The van der Waals surface area contributed by atoms with Crippen LogP contribution >= 0.6 is 23.2 Å². The molecule has 0 fully saturated rings. The molecule has 0 atom stereocenters. The molecule has 0 heterocycles. The van der Waals surface area contributed by atoms with Crippen LogP contribution in [0.4, 0.5) is 18.9 Å². The average molecular weight is 441 g/mol. The number of sulfonamides is 1. The second-order valence-electron chi connectivity index (χ2n) is 5.54. The SMILES string of the molecule is Cc1cccc(NS(=O)(=O)c2cc(C(=O)NCC(F)(F)F)c(Cl)cc2Cl)c1. The summed E-state index contributed by atoms with van der Waals surface area (Å²) in [5.74, 6) is -1.18. The first-order chi connectivity index (χ1) is 12.4. The molecule has 0 saturated carbocycles. The fourth-order valence-corrected chi connectivity index (χ4v) is 4.01. The normalized spacial score (nSPS) is 11.9. The molecule has 0 spiro atoms. The number of nitrogens with one attached hydrogen (secondary N) is 2. The molecule has 0 aliphatic rings. The fourth-order valence-electron chi connectivity index (χ4n) is 2.10. The number of halogens is 5. The Morgan fingerprint density at radius 1 is 1.11 bits per heavy atom. The smallest absolute Gasteiger partial charge is 0.343 e. The Kier molecular flexibility index (Phi) is 6.28. The van der Waals surface area contributed by atoms with Gasteiger partial charge >= 0.3 is 6.18 Å². The van der Waals surface area contributed by atoms with E-state index >= 15 is 0 Å². The molecular formula is C16H13Cl2F3N2O3S. The van der Waals surface area contributed by atoms with Crippen LogP contribution in [0.1, 0.15) is 15.9 Å². The molecular weight excluding hydrogens is 428 g/mol. The van der Waals surface area contributed by atoms with Gasteiger partial charge in [0.2, 0.25) is 0 Å². The van der Waals surface area contributed by atoms with Crippen LogP contribution in [0.15, 0.2) is 41.3 Å². The number of rotatable bonds is 5. The van der Waals surface area contributed by atoms with E-state index < -0.39 is 39.1 Å². The fraction of sp³-hybridized carbons (Fsp3) is 0.188. The topological polar surface area (TPSA) is 75.3 Å². The molecule has 2 aromatic rings. The lowest BCUT2D eigenvalue weighted by atomic mass is 10.2. The number of anilines is 1. The Balaban J connectivity index is 2.37. The highest BCUT2D eigenvalue weighted by Gasteiger charge is 2.29. The maximum Gasteiger partial charge on any atom is 0.405 e. The molecule has 2 aromatic carbocycles. The largest absolute Gasteiger partial charge is 0.405 e. The maximum atomic E-state index is 12.6. The number of aryl methyl sites for hydroxylation is 1. The lowest BCUT2D eigenvalue weighted by Crippen LogP contribution is -2.34. The molecule has 0 unspecified atom stereocenters. The summed E-state index contributed by atoms with van der Waals surface area (Å²) < 4.78 is 64.3. The summed E-state index contributed by atoms with van der Waals surface area (Å²) in [6.45, 7) is 0.171. The summed E-state index contributed by atoms with van der Waals surface area (Å²) in [6.07, 6.45) is -4.63. The van der Waals surface area contributed by atoms with E-state index in [-0.39, 0.29) is 15.7 Å². The Morgan fingerprint density at radius 3 is 2.37 bits per heavy atom. The number of carbonyl (C=O) groups excluding carboxylic acids is 1. The highest BCUT2D eigenvalue weighted by molar-refractivity contribution is 7.92. The van der Waals surface area contributed by atoms with Crippen LogP contribution in [-0.2, 0) is 10.0 Å². The van der Waals surface area contributed by atoms with Gasteiger partial charge in [-0.2, -0.15) is 13.2 Å². The van der Waals surface area contributed by atoms with Gasteiger partial charge in [0.1, 0.15) is 11.4 Å². The molecule has 0 aliphatic heterocycles. The third kappa shape index (κ3) is 5.75. The van der Waals surface area contributed by atoms with E-state index in [1.165, 1.54) is 6.07 Å². The molecule has 0 radical (unpaired) electrons. The van der Waals surface area contributed by atoms with Crippen molar-refractivity contribution in [2.24, 2.45) is 0 Å². The number of alkyl halides is 3. The van der Waals surface area contributed by atoms with Crippen molar-refractivity contribution in [3.05, 3.63) is 57.6 Å². The molecule has 0 aromatic heterocycles. The van der Waals surface area contributed by atoms with Gasteiger partial charge in [0.15, 0.2) is 0 Å². The van der Waals surface area contributed by atoms with Gasteiger partial charge < -0.3 is 5.32 Å².